The monoisotopic (exact) mass is 455 g/mol. The molecule has 3 N–H and O–H groups in total. The number of hydrogen-bond donors (Lipinski definition) is 2. The number of nitrogens with one attached hydrogen (secondary N) is 1. The van der Waals surface area contributed by atoms with Crippen molar-refractivity contribution in [3.8, 4) is 0 Å². The number of aromatic nitrogens is 1. The first-order valence-electron chi connectivity index (χ1n) is 8.89. The predicted molar refractivity (Wildman–Crippen MR) is 110 cm³/mol. The molecule has 0 saturated heterocycles. The van der Waals surface area contributed by atoms with Gasteiger partial charge in [0, 0.05) is 5.38 Å². The first kappa shape index (κ1) is 23.4. The third-order valence-electron chi connectivity index (χ3n) is 3.55. The van der Waals surface area contributed by atoms with E-state index in [0.29, 0.717) is 16.6 Å². The van der Waals surface area contributed by atoms with Gasteiger partial charge in [-0.25, -0.2) is 9.78 Å². The fourth-order valence-corrected chi connectivity index (χ4v) is 4.05. The number of thiazole rings is 1. The van der Waals surface area contributed by atoms with Crippen LogP contribution in [-0.2, 0) is 25.5 Å². The molecular weight excluding hydrogens is 434 g/mol. The van der Waals surface area contributed by atoms with Crippen molar-refractivity contribution in [3.63, 3.8) is 0 Å². The lowest BCUT2D eigenvalue weighted by molar-refractivity contribution is -0.142. The molecule has 0 aliphatic rings. The van der Waals surface area contributed by atoms with Crippen LogP contribution in [0.4, 0.5) is 5.88 Å². The van der Waals surface area contributed by atoms with E-state index in [0.717, 1.165) is 11.8 Å². The Kier molecular flexibility index (Phi) is 8.42. The number of esters is 2. The van der Waals surface area contributed by atoms with Gasteiger partial charge in [0.05, 0.1) is 31.1 Å². The lowest BCUT2D eigenvalue weighted by Gasteiger charge is -2.04. The molecule has 30 heavy (non-hydrogen) atoms. The predicted octanol–water partition coefficient (Wildman–Crippen LogP) is 2.16. The van der Waals surface area contributed by atoms with Crippen LogP contribution in [0.25, 0.3) is 0 Å². The Bertz CT molecular complexity index is 952. The quantitative estimate of drug-likeness (QED) is 0.405. The molecule has 0 aliphatic carbocycles. The molecule has 0 aromatic carbocycles. The molecule has 2 aromatic heterocycles. The van der Waals surface area contributed by atoms with Crippen LogP contribution in [-0.4, -0.2) is 47.7 Å². The fourth-order valence-electron chi connectivity index (χ4n) is 2.40. The fraction of sp³-hybridized carbons (Fsp3) is 0.389. The van der Waals surface area contributed by atoms with Gasteiger partial charge in [-0.1, -0.05) is 11.8 Å². The third-order valence-corrected chi connectivity index (χ3v) is 5.62. The molecule has 0 fully saturated rings. The number of amides is 2. The maximum atomic E-state index is 12.3. The van der Waals surface area contributed by atoms with Crippen LogP contribution in [0.15, 0.2) is 14.1 Å². The molecule has 2 amide bonds. The summed E-state index contributed by atoms with van der Waals surface area (Å²) in [6.45, 7) is 5.20. The molecular formula is C18H21N3O7S2. The van der Waals surface area contributed by atoms with Gasteiger partial charge in [0.1, 0.15) is 16.9 Å². The van der Waals surface area contributed by atoms with Crippen LogP contribution in [0.5, 0.6) is 0 Å². The van der Waals surface area contributed by atoms with Crippen molar-refractivity contribution in [2.24, 2.45) is 5.73 Å². The number of ether oxygens (including phenoxy) is 2. The normalized spacial score (nSPS) is 10.5. The molecule has 12 heteroatoms. The Morgan fingerprint density at radius 2 is 1.90 bits per heavy atom. The SMILES string of the molecule is CCOC(=O)Cc1csc(SCC(=O)Nc2oc(C)c(C(=O)OCC)c2C(N)=O)n1. The minimum Gasteiger partial charge on any atom is -0.466 e. The second-order valence-electron chi connectivity index (χ2n) is 5.75. The zero-order valence-electron chi connectivity index (χ0n) is 16.6. The van der Waals surface area contributed by atoms with Gasteiger partial charge in [0.2, 0.25) is 11.8 Å². The second-order valence-corrected chi connectivity index (χ2v) is 7.83. The molecule has 0 aliphatic heterocycles. The van der Waals surface area contributed by atoms with Gasteiger partial charge in [-0.05, 0) is 20.8 Å². The minimum absolute atomic E-state index is 0.0426. The van der Waals surface area contributed by atoms with Crippen molar-refractivity contribution in [1.29, 1.82) is 0 Å². The van der Waals surface area contributed by atoms with Gasteiger partial charge < -0.3 is 19.6 Å². The highest BCUT2D eigenvalue weighted by atomic mass is 32.2. The van der Waals surface area contributed by atoms with Crippen molar-refractivity contribution >= 4 is 52.7 Å². The minimum atomic E-state index is -0.929. The van der Waals surface area contributed by atoms with Crippen LogP contribution >= 0.6 is 23.1 Å². The number of hydrogen-bond acceptors (Lipinski definition) is 10. The average Bonchev–Trinajstić information content (AvgIpc) is 3.24. The van der Waals surface area contributed by atoms with E-state index in [1.807, 2.05) is 0 Å². The van der Waals surface area contributed by atoms with Crippen LogP contribution in [0.2, 0.25) is 0 Å². The van der Waals surface area contributed by atoms with Crippen molar-refractivity contribution in [2.75, 3.05) is 24.3 Å². The number of thioether (sulfide) groups is 1. The summed E-state index contributed by atoms with van der Waals surface area (Å²) in [5, 5.41) is 4.16. The molecule has 0 unspecified atom stereocenters. The molecule has 0 atom stereocenters. The number of nitrogens with two attached hydrogens (primary N) is 1. The van der Waals surface area contributed by atoms with Crippen molar-refractivity contribution in [1.82, 2.24) is 4.98 Å². The van der Waals surface area contributed by atoms with Gasteiger partial charge >= 0.3 is 11.9 Å². The number of carbonyl (C=O) groups excluding carboxylic acids is 4. The Hall–Kier alpha value is -2.86. The standard InChI is InChI=1S/C18H21N3O7S2/c1-4-26-12(23)6-10-7-29-18(20-10)30-8-11(22)21-16-14(15(19)24)13(9(3)28-16)17(25)27-5-2/h7H,4-6,8H2,1-3H3,(H2,19,24)(H,21,22). The molecule has 0 spiro atoms. The Morgan fingerprint density at radius 3 is 2.53 bits per heavy atom. The number of carbonyl (C=O) groups is 4. The lowest BCUT2D eigenvalue weighted by Crippen LogP contribution is -2.21. The van der Waals surface area contributed by atoms with E-state index >= 15 is 0 Å². The van der Waals surface area contributed by atoms with Crippen LogP contribution < -0.4 is 11.1 Å². The van der Waals surface area contributed by atoms with E-state index in [4.69, 9.17) is 19.6 Å². The van der Waals surface area contributed by atoms with Crippen molar-refractivity contribution in [3.05, 3.63) is 28.0 Å². The first-order chi connectivity index (χ1) is 14.3. The lowest BCUT2D eigenvalue weighted by atomic mass is 10.1. The maximum absolute atomic E-state index is 12.3. The zero-order valence-corrected chi connectivity index (χ0v) is 18.2. The summed E-state index contributed by atoms with van der Waals surface area (Å²) < 4.78 is 15.7. The molecule has 2 heterocycles. The Labute approximate surface area is 180 Å². The average molecular weight is 456 g/mol. The molecule has 0 saturated carbocycles. The van der Waals surface area contributed by atoms with Crippen molar-refractivity contribution < 1.29 is 33.1 Å². The second kappa shape index (κ2) is 10.8. The van der Waals surface area contributed by atoms with Crippen LogP contribution in [0, 0.1) is 6.92 Å². The topological polar surface area (TPSA) is 151 Å². The van der Waals surface area contributed by atoms with E-state index in [1.54, 1.807) is 19.2 Å². The Morgan fingerprint density at radius 1 is 1.20 bits per heavy atom. The summed E-state index contributed by atoms with van der Waals surface area (Å²) in [5.41, 5.74) is 5.56. The number of furan rings is 1. The van der Waals surface area contributed by atoms with Gasteiger partial charge in [0.25, 0.3) is 5.91 Å². The molecule has 2 aromatic rings. The van der Waals surface area contributed by atoms with Crippen LogP contribution in [0.1, 0.15) is 46.0 Å². The smallest absolute Gasteiger partial charge is 0.342 e. The van der Waals surface area contributed by atoms with Crippen molar-refractivity contribution in [2.45, 2.75) is 31.5 Å². The Balaban J connectivity index is 2.02. The molecule has 10 nitrogen and oxygen atoms in total. The summed E-state index contributed by atoms with van der Waals surface area (Å²) in [4.78, 5) is 51.9. The summed E-state index contributed by atoms with van der Waals surface area (Å²) in [6.07, 6.45) is 0.0569. The highest BCUT2D eigenvalue weighted by molar-refractivity contribution is 8.01. The third kappa shape index (κ3) is 6.07. The van der Waals surface area contributed by atoms with E-state index in [-0.39, 0.29) is 47.5 Å². The zero-order chi connectivity index (χ0) is 22.3. The number of rotatable bonds is 10. The van der Waals surface area contributed by atoms with E-state index in [2.05, 4.69) is 10.3 Å². The molecule has 0 bridgehead atoms. The highest BCUT2D eigenvalue weighted by Gasteiger charge is 2.29. The largest absolute Gasteiger partial charge is 0.466 e. The van der Waals surface area contributed by atoms with Gasteiger partial charge in [-0.3, -0.25) is 19.7 Å². The first-order valence-corrected chi connectivity index (χ1v) is 10.8. The summed E-state index contributed by atoms with van der Waals surface area (Å²) in [7, 11) is 0. The molecule has 162 valence electrons. The van der Waals surface area contributed by atoms with E-state index in [9.17, 15) is 19.2 Å². The van der Waals surface area contributed by atoms with Crippen LogP contribution in [0.3, 0.4) is 0 Å². The molecule has 2 rings (SSSR count). The van der Waals surface area contributed by atoms with E-state index < -0.39 is 17.8 Å². The molecule has 0 radical (unpaired) electrons. The number of primary amides is 1. The summed E-state index contributed by atoms with van der Waals surface area (Å²) in [6, 6.07) is 0. The number of aryl methyl sites for hydroxylation is 1. The maximum Gasteiger partial charge on any atom is 0.342 e. The number of nitrogens with zero attached hydrogens (tertiary/aromatic N) is 1. The van der Waals surface area contributed by atoms with Gasteiger partial charge in [0.15, 0.2) is 4.34 Å². The van der Waals surface area contributed by atoms with Gasteiger partial charge in [-0.15, -0.1) is 11.3 Å². The summed E-state index contributed by atoms with van der Waals surface area (Å²) in [5.74, 6) is -2.71. The number of anilines is 1. The highest BCUT2D eigenvalue weighted by Crippen LogP contribution is 2.28. The van der Waals surface area contributed by atoms with Gasteiger partial charge in [-0.2, -0.15) is 0 Å². The summed E-state index contributed by atoms with van der Waals surface area (Å²) >= 11 is 2.43. The van der Waals surface area contributed by atoms with E-state index in [1.165, 1.54) is 18.3 Å².